The van der Waals surface area contributed by atoms with Gasteiger partial charge in [0.2, 0.25) is 0 Å². The molecule has 0 fully saturated rings. The summed E-state index contributed by atoms with van der Waals surface area (Å²) in [6.07, 6.45) is 0. The molecule has 0 spiro atoms. The van der Waals surface area contributed by atoms with Crippen molar-refractivity contribution >= 4 is 75.4 Å². The van der Waals surface area contributed by atoms with Crippen LogP contribution in [0.25, 0.3) is 120 Å². The van der Waals surface area contributed by atoms with E-state index in [1.807, 2.05) is 41.7 Å². The van der Waals surface area contributed by atoms with Gasteiger partial charge in [-0.15, -0.1) is 11.3 Å². The van der Waals surface area contributed by atoms with Crippen LogP contribution in [0.5, 0.6) is 0 Å². The van der Waals surface area contributed by atoms with Gasteiger partial charge in [-0.3, -0.25) is 0 Å². The van der Waals surface area contributed by atoms with Gasteiger partial charge in [0.25, 0.3) is 0 Å². The first-order chi connectivity index (χ1) is 28.2. The van der Waals surface area contributed by atoms with Crippen molar-refractivity contribution in [3.05, 3.63) is 182 Å². The Bertz CT molecular complexity index is 3410. The molecule has 0 atom stereocenters. The maximum absolute atomic E-state index is 6.23. The van der Waals surface area contributed by atoms with Crippen LogP contribution in [0, 0.1) is 0 Å². The Kier molecular flexibility index (Phi) is 7.06. The Hall–Kier alpha value is -7.34. The number of fused-ring (bicyclic) bond motifs is 9. The first kappa shape index (κ1) is 32.0. The molecule has 0 aliphatic carbocycles. The number of para-hydroxylation sites is 2. The minimum atomic E-state index is 0.661. The van der Waals surface area contributed by atoms with Crippen LogP contribution in [0.2, 0.25) is 0 Å². The van der Waals surface area contributed by atoms with Gasteiger partial charge in [0.05, 0.1) is 11.4 Å². The van der Waals surface area contributed by atoms with Gasteiger partial charge in [0, 0.05) is 58.4 Å². The third-order valence-corrected chi connectivity index (χ3v) is 12.2. The quantitative estimate of drug-likeness (QED) is 0.176. The van der Waals surface area contributed by atoms with Gasteiger partial charge < -0.3 is 8.83 Å². The van der Waals surface area contributed by atoms with Crippen molar-refractivity contribution in [3.8, 4) is 56.2 Å². The molecule has 0 unspecified atom stereocenters. The van der Waals surface area contributed by atoms with Gasteiger partial charge in [-0.25, -0.2) is 9.97 Å². The highest BCUT2D eigenvalue weighted by Crippen LogP contribution is 2.40. The zero-order valence-electron chi connectivity index (χ0n) is 30.4. The van der Waals surface area contributed by atoms with Gasteiger partial charge >= 0.3 is 0 Å². The van der Waals surface area contributed by atoms with E-state index < -0.39 is 0 Å². The lowest BCUT2D eigenvalue weighted by atomic mass is 9.94. The van der Waals surface area contributed by atoms with E-state index in [0.717, 1.165) is 94.2 Å². The lowest BCUT2D eigenvalue weighted by molar-refractivity contribution is 0.668. The number of aromatic nitrogens is 2. The molecule has 0 bridgehead atoms. The molecule has 0 amide bonds. The Morgan fingerprint density at radius 1 is 0.298 bits per heavy atom. The molecule has 5 heteroatoms. The Morgan fingerprint density at radius 2 is 0.789 bits per heavy atom. The van der Waals surface area contributed by atoms with Crippen molar-refractivity contribution in [2.45, 2.75) is 0 Å². The van der Waals surface area contributed by atoms with Crippen molar-refractivity contribution in [2.24, 2.45) is 0 Å². The molecule has 12 aromatic rings. The van der Waals surface area contributed by atoms with E-state index in [1.54, 1.807) is 0 Å². The van der Waals surface area contributed by atoms with E-state index >= 15 is 0 Å². The van der Waals surface area contributed by atoms with E-state index in [2.05, 4.69) is 152 Å². The average molecular weight is 747 g/mol. The molecule has 0 saturated heterocycles. The predicted molar refractivity (Wildman–Crippen MR) is 237 cm³/mol. The zero-order chi connectivity index (χ0) is 37.5. The molecule has 0 N–H and O–H groups in total. The maximum atomic E-state index is 6.23. The van der Waals surface area contributed by atoms with Gasteiger partial charge in [-0.1, -0.05) is 103 Å². The second-order valence-corrected chi connectivity index (χ2v) is 15.6. The van der Waals surface area contributed by atoms with E-state index in [-0.39, 0.29) is 0 Å². The molecule has 0 radical (unpaired) electrons. The third-order valence-electron chi connectivity index (χ3n) is 11.1. The van der Waals surface area contributed by atoms with Crippen molar-refractivity contribution in [1.82, 2.24) is 9.97 Å². The van der Waals surface area contributed by atoms with Gasteiger partial charge in [-0.2, -0.15) is 0 Å². The molecule has 4 nitrogen and oxygen atoms in total. The minimum absolute atomic E-state index is 0.661. The molecular formula is C52H30N2O2S. The molecule has 0 saturated carbocycles. The molecule has 0 aliphatic heterocycles. The zero-order valence-corrected chi connectivity index (χ0v) is 31.3. The second kappa shape index (κ2) is 12.6. The fraction of sp³-hybridized carbons (Fsp3) is 0. The number of rotatable bonds is 5. The van der Waals surface area contributed by atoms with Crippen LogP contribution >= 0.6 is 11.3 Å². The smallest absolute Gasteiger partial charge is 0.160 e. The second-order valence-electron chi connectivity index (χ2n) is 14.6. The maximum Gasteiger partial charge on any atom is 0.160 e. The monoisotopic (exact) mass is 746 g/mol. The fourth-order valence-corrected chi connectivity index (χ4v) is 9.35. The van der Waals surface area contributed by atoms with Gasteiger partial charge in [0.1, 0.15) is 22.3 Å². The van der Waals surface area contributed by atoms with Crippen molar-refractivity contribution in [2.75, 3.05) is 0 Å². The summed E-state index contributed by atoms with van der Waals surface area (Å²) in [5.74, 6) is 0.661. The van der Waals surface area contributed by atoms with Crippen LogP contribution in [0.15, 0.2) is 191 Å². The highest BCUT2D eigenvalue weighted by Gasteiger charge is 2.17. The summed E-state index contributed by atoms with van der Waals surface area (Å²) < 4.78 is 15.0. The van der Waals surface area contributed by atoms with Crippen LogP contribution in [0.1, 0.15) is 0 Å². The first-order valence-corrected chi connectivity index (χ1v) is 19.9. The normalized spacial score (nSPS) is 11.9. The molecule has 8 aromatic carbocycles. The van der Waals surface area contributed by atoms with Crippen LogP contribution < -0.4 is 0 Å². The van der Waals surface area contributed by atoms with Crippen molar-refractivity contribution in [1.29, 1.82) is 0 Å². The summed E-state index contributed by atoms with van der Waals surface area (Å²) >= 11 is 1.82. The number of thiophene rings is 1. The lowest BCUT2D eigenvalue weighted by Gasteiger charge is -2.13. The van der Waals surface area contributed by atoms with Crippen LogP contribution in [-0.2, 0) is 0 Å². The number of furan rings is 2. The molecule has 57 heavy (non-hydrogen) atoms. The van der Waals surface area contributed by atoms with Crippen LogP contribution in [0.4, 0.5) is 0 Å². The van der Waals surface area contributed by atoms with Crippen molar-refractivity contribution in [3.63, 3.8) is 0 Å². The number of hydrogen-bond acceptors (Lipinski definition) is 5. The summed E-state index contributed by atoms with van der Waals surface area (Å²) in [7, 11) is 0. The largest absolute Gasteiger partial charge is 0.456 e. The lowest BCUT2D eigenvalue weighted by Crippen LogP contribution is -1.97. The summed E-state index contributed by atoms with van der Waals surface area (Å²) in [6, 6.07) is 63.9. The fourth-order valence-electron chi connectivity index (χ4n) is 8.27. The highest BCUT2D eigenvalue weighted by atomic mass is 32.1. The third kappa shape index (κ3) is 5.35. The minimum Gasteiger partial charge on any atom is -0.456 e. The summed E-state index contributed by atoms with van der Waals surface area (Å²) in [4.78, 5) is 10.7. The average Bonchev–Trinajstić information content (AvgIpc) is 3.97. The molecule has 4 heterocycles. The molecule has 266 valence electrons. The van der Waals surface area contributed by atoms with Crippen molar-refractivity contribution < 1.29 is 8.83 Å². The number of nitrogens with zero attached hydrogens (tertiary/aromatic N) is 2. The van der Waals surface area contributed by atoms with E-state index in [4.69, 9.17) is 18.8 Å². The Morgan fingerprint density at radius 3 is 1.46 bits per heavy atom. The Labute approximate surface area is 330 Å². The first-order valence-electron chi connectivity index (χ1n) is 19.0. The molecule has 4 aromatic heterocycles. The van der Waals surface area contributed by atoms with Crippen LogP contribution in [-0.4, -0.2) is 9.97 Å². The van der Waals surface area contributed by atoms with Gasteiger partial charge in [-0.05, 0) is 101 Å². The van der Waals surface area contributed by atoms with E-state index in [0.29, 0.717) is 5.82 Å². The molecule has 0 aliphatic rings. The van der Waals surface area contributed by atoms with E-state index in [1.165, 1.54) is 20.2 Å². The predicted octanol–water partition coefficient (Wildman–Crippen LogP) is 15.0. The summed E-state index contributed by atoms with van der Waals surface area (Å²) in [5, 5.41) is 6.87. The van der Waals surface area contributed by atoms with Crippen LogP contribution in [0.3, 0.4) is 0 Å². The summed E-state index contributed by atoms with van der Waals surface area (Å²) in [5.41, 5.74) is 12.6. The highest BCUT2D eigenvalue weighted by molar-refractivity contribution is 7.25. The Balaban J connectivity index is 1.09. The number of hydrogen-bond donors (Lipinski definition) is 0. The SMILES string of the molecule is c1ccc(-c2cc(-c3ccc4sc5ccccc5c4c3)nc(-c3cc(-c4ccc5oc6ccccc6c5c4)cc(-c4ccc5oc6ccccc6c5c4)c3)n2)cc1. The van der Waals surface area contributed by atoms with Gasteiger partial charge in [0.15, 0.2) is 5.82 Å². The topological polar surface area (TPSA) is 52.1 Å². The molecule has 12 rings (SSSR count). The summed E-state index contributed by atoms with van der Waals surface area (Å²) in [6.45, 7) is 0. The standard InChI is InChI=1S/C52H30N2O2S/c1-2-10-31(11-3-1)44-30-45(34-20-23-51-43(29-34)40-14-6-9-17-50(40)57-51)54-52(53-44)37-25-35(32-18-21-48-41(27-32)38-12-4-7-15-46(38)55-48)24-36(26-37)33-19-22-49-42(28-33)39-13-5-8-16-47(39)56-49/h1-30H. The molecular weight excluding hydrogens is 717 g/mol. The number of benzene rings is 8. The van der Waals surface area contributed by atoms with E-state index in [9.17, 15) is 0 Å².